The van der Waals surface area contributed by atoms with E-state index in [-0.39, 0.29) is 0 Å². The van der Waals surface area contributed by atoms with E-state index in [1.807, 2.05) is 11.9 Å². The van der Waals surface area contributed by atoms with Gasteiger partial charge in [0.2, 0.25) is 0 Å². The SMILES string of the molecule is CN1CCN(C(N)(N)N(C(N)N)C(N)N)CC1. The molecule has 0 bridgehead atoms. The van der Waals surface area contributed by atoms with Crippen molar-refractivity contribution >= 4 is 0 Å². The Bertz CT molecular complexity index is 225. The summed E-state index contributed by atoms with van der Waals surface area (Å²) in [5.74, 6) is -1.34. The molecule has 0 amide bonds. The van der Waals surface area contributed by atoms with E-state index in [0.29, 0.717) is 13.1 Å². The molecule has 1 rings (SSSR count). The number of nitrogens with zero attached hydrogens (tertiary/aromatic N) is 3. The van der Waals surface area contributed by atoms with Gasteiger partial charge in [-0.3, -0.25) is 16.4 Å². The molecule has 0 aliphatic carbocycles. The molecule has 1 aliphatic rings. The topological polar surface area (TPSA) is 166 Å². The van der Waals surface area contributed by atoms with Gasteiger partial charge in [-0.05, 0) is 7.05 Å². The minimum absolute atomic E-state index is 0.708. The first kappa shape index (κ1) is 14.7. The predicted molar refractivity (Wildman–Crippen MR) is 66.3 cm³/mol. The first-order valence-electron chi connectivity index (χ1n) is 5.59. The van der Waals surface area contributed by atoms with Crippen molar-refractivity contribution in [1.82, 2.24) is 14.7 Å². The number of likely N-dealkylation sites (N-methyl/N-ethyl adjacent to an activating group) is 1. The van der Waals surface area contributed by atoms with Crippen molar-refractivity contribution in [2.75, 3.05) is 33.2 Å². The standard InChI is InChI=1S/C8H25N9/c1-15-2-4-16(5-3-15)8(13,14)17(6(9)10)7(11)12/h6-7H,2-5,9-14H2,1H3. The van der Waals surface area contributed by atoms with Gasteiger partial charge in [-0.2, -0.15) is 0 Å². The van der Waals surface area contributed by atoms with Crippen LogP contribution in [0.25, 0.3) is 0 Å². The molecule has 0 saturated carbocycles. The normalized spacial score (nSPS) is 20.8. The van der Waals surface area contributed by atoms with Crippen molar-refractivity contribution in [2.24, 2.45) is 34.4 Å². The van der Waals surface area contributed by atoms with Crippen molar-refractivity contribution in [1.29, 1.82) is 0 Å². The van der Waals surface area contributed by atoms with Crippen LogP contribution >= 0.6 is 0 Å². The second-order valence-corrected chi connectivity index (χ2v) is 4.46. The lowest BCUT2D eigenvalue weighted by Crippen LogP contribution is -2.82. The zero-order chi connectivity index (χ0) is 13.2. The average molecular weight is 247 g/mol. The Morgan fingerprint density at radius 3 is 1.71 bits per heavy atom. The van der Waals surface area contributed by atoms with Crippen LogP contribution in [0.1, 0.15) is 0 Å². The van der Waals surface area contributed by atoms with Gasteiger partial charge in [0.15, 0.2) is 5.91 Å². The van der Waals surface area contributed by atoms with Gasteiger partial charge in [-0.15, -0.1) is 0 Å². The van der Waals surface area contributed by atoms with E-state index in [0.717, 1.165) is 13.1 Å². The summed E-state index contributed by atoms with van der Waals surface area (Å²) in [6, 6.07) is 0. The molecule has 0 aromatic carbocycles. The van der Waals surface area contributed by atoms with Gasteiger partial charge >= 0.3 is 0 Å². The van der Waals surface area contributed by atoms with Gasteiger partial charge in [-0.25, -0.2) is 4.90 Å². The quantitative estimate of drug-likeness (QED) is 0.268. The molecule has 102 valence electrons. The van der Waals surface area contributed by atoms with Gasteiger partial charge in [0.05, 0.1) is 0 Å². The Morgan fingerprint density at radius 1 is 0.941 bits per heavy atom. The summed E-state index contributed by atoms with van der Waals surface area (Å²) in [6.45, 7) is 3.14. The van der Waals surface area contributed by atoms with Crippen LogP contribution < -0.4 is 34.4 Å². The zero-order valence-electron chi connectivity index (χ0n) is 10.3. The number of hydrogen-bond acceptors (Lipinski definition) is 9. The fraction of sp³-hybridized carbons (Fsp3) is 1.00. The van der Waals surface area contributed by atoms with Crippen molar-refractivity contribution < 1.29 is 0 Å². The maximum absolute atomic E-state index is 6.07. The lowest BCUT2D eigenvalue weighted by Gasteiger charge is -2.50. The van der Waals surface area contributed by atoms with Crippen molar-refractivity contribution in [3.63, 3.8) is 0 Å². The number of piperazine rings is 1. The largest absolute Gasteiger partial charge is 0.304 e. The second-order valence-electron chi connectivity index (χ2n) is 4.46. The Morgan fingerprint density at radius 2 is 1.35 bits per heavy atom. The summed E-state index contributed by atoms with van der Waals surface area (Å²) < 4.78 is 0. The summed E-state index contributed by atoms with van der Waals surface area (Å²) in [4.78, 5) is 5.34. The number of rotatable bonds is 4. The molecule has 1 fully saturated rings. The number of hydrogen-bond donors (Lipinski definition) is 6. The van der Waals surface area contributed by atoms with Crippen LogP contribution in [-0.2, 0) is 0 Å². The second kappa shape index (κ2) is 5.52. The highest BCUT2D eigenvalue weighted by molar-refractivity contribution is 4.85. The zero-order valence-corrected chi connectivity index (χ0v) is 10.3. The Labute approximate surface area is 102 Å². The first-order valence-corrected chi connectivity index (χ1v) is 5.59. The maximum Gasteiger partial charge on any atom is 0.186 e. The van der Waals surface area contributed by atoms with Crippen molar-refractivity contribution in [3.05, 3.63) is 0 Å². The summed E-state index contributed by atoms with van der Waals surface area (Å²) in [5, 5.41) is 0. The lowest BCUT2D eigenvalue weighted by atomic mass is 10.3. The van der Waals surface area contributed by atoms with Gasteiger partial charge in [0, 0.05) is 26.2 Å². The van der Waals surface area contributed by atoms with Crippen LogP contribution in [-0.4, -0.2) is 66.4 Å². The Hall–Kier alpha value is -0.360. The summed E-state index contributed by atoms with van der Waals surface area (Å²) >= 11 is 0. The van der Waals surface area contributed by atoms with E-state index in [9.17, 15) is 0 Å². The molecule has 0 atom stereocenters. The molecule has 0 radical (unpaired) electrons. The van der Waals surface area contributed by atoms with Gasteiger partial charge in [0.1, 0.15) is 12.6 Å². The molecule has 12 N–H and O–H groups in total. The fourth-order valence-electron chi connectivity index (χ4n) is 2.00. The van der Waals surface area contributed by atoms with Crippen LogP contribution in [0.15, 0.2) is 0 Å². The van der Waals surface area contributed by atoms with Gasteiger partial charge in [0.25, 0.3) is 0 Å². The van der Waals surface area contributed by atoms with E-state index in [1.54, 1.807) is 0 Å². The summed E-state index contributed by atoms with van der Waals surface area (Å²) in [5.41, 5.74) is 34.6. The van der Waals surface area contributed by atoms with Crippen molar-refractivity contribution in [3.8, 4) is 0 Å². The molecule has 17 heavy (non-hydrogen) atoms. The fourth-order valence-corrected chi connectivity index (χ4v) is 2.00. The predicted octanol–water partition coefficient (Wildman–Crippen LogP) is -4.53. The van der Waals surface area contributed by atoms with Crippen LogP contribution in [0.5, 0.6) is 0 Å². The first-order chi connectivity index (χ1) is 7.76. The van der Waals surface area contributed by atoms with E-state index in [1.165, 1.54) is 4.90 Å². The van der Waals surface area contributed by atoms with Crippen LogP contribution in [0.2, 0.25) is 0 Å². The third-order valence-corrected chi connectivity index (χ3v) is 3.07. The van der Waals surface area contributed by atoms with Crippen LogP contribution in [0, 0.1) is 0 Å². The third-order valence-electron chi connectivity index (χ3n) is 3.07. The molecule has 1 saturated heterocycles. The van der Waals surface area contributed by atoms with Gasteiger partial charge < -0.3 is 27.8 Å². The Balaban J connectivity index is 2.77. The monoisotopic (exact) mass is 247 g/mol. The number of nitrogens with two attached hydrogens (primary N) is 6. The van der Waals surface area contributed by atoms with Crippen LogP contribution in [0.4, 0.5) is 0 Å². The van der Waals surface area contributed by atoms with Crippen LogP contribution in [0.3, 0.4) is 0 Å². The Kier molecular flexibility index (Phi) is 4.77. The van der Waals surface area contributed by atoms with E-state index >= 15 is 0 Å². The highest BCUT2D eigenvalue weighted by Gasteiger charge is 2.40. The molecule has 9 heteroatoms. The maximum atomic E-state index is 6.07. The molecule has 0 aromatic rings. The highest BCUT2D eigenvalue weighted by atomic mass is 15.6. The average Bonchev–Trinajstić information content (AvgIpc) is 2.16. The molecular formula is C8H25N9. The minimum atomic E-state index is -1.34. The highest BCUT2D eigenvalue weighted by Crippen LogP contribution is 2.12. The molecule has 1 aliphatic heterocycles. The summed E-state index contributed by atoms with van der Waals surface area (Å²) in [7, 11) is 2.03. The minimum Gasteiger partial charge on any atom is -0.304 e. The molecule has 0 aromatic heterocycles. The lowest BCUT2D eigenvalue weighted by molar-refractivity contribution is -0.109. The third kappa shape index (κ3) is 3.31. The molecule has 0 unspecified atom stereocenters. The van der Waals surface area contributed by atoms with E-state index < -0.39 is 18.5 Å². The smallest absolute Gasteiger partial charge is 0.186 e. The molecule has 0 spiro atoms. The van der Waals surface area contributed by atoms with E-state index in [4.69, 9.17) is 34.4 Å². The van der Waals surface area contributed by atoms with E-state index in [2.05, 4.69) is 4.90 Å². The van der Waals surface area contributed by atoms with Gasteiger partial charge in [-0.1, -0.05) is 0 Å². The van der Waals surface area contributed by atoms with Crippen molar-refractivity contribution in [2.45, 2.75) is 18.5 Å². The summed E-state index contributed by atoms with van der Waals surface area (Å²) in [6.07, 6.45) is -1.82. The molecular weight excluding hydrogens is 222 g/mol. The molecule has 9 nitrogen and oxygen atoms in total. The molecule has 1 heterocycles.